The van der Waals surface area contributed by atoms with Crippen LogP contribution in [-0.2, 0) is 12.8 Å². The van der Waals surface area contributed by atoms with Crippen molar-refractivity contribution >= 4 is 22.7 Å². The number of fused-ring (bicyclic) bond motifs is 3. The quantitative estimate of drug-likeness (QED) is 0.749. The number of nitrogens with zero attached hydrogens (tertiary/aromatic N) is 3. The van der Waals surface area contributed by atoms with Gasteiger partial charge in [-0.2, -0.15) is 0 Å². The van der Waals surface area contributed by atoms with Crippen LogP contribution in [0.2, 0.25) is 0 Å². The van der Waals surface area contributed by atoms with Crippen molar-refractivity contribution in [3.8, 4) is 0 Å². The maximum atomic E-state index is 12.9. The van der Waals surface area contributed by atoms with E-state index in [1.807, 2.05) is 31.2 Å². The highest BCUT2D eigenvalue weighted by Gasteiger charge is 2.39. The number of aromatic amines is 1. The van der Waals surface area contributed by atoms with Crippen molar-refractivity contribution in [1.82, 2.24) is 19.9 Å². The summed E-state index contributed by atoms with van der Waals surface area (Å²) in [5.41, 5.74) is 3.29. The van der Waals surface area contributed by atoms with Gasteiger partial charge in [0.2, 0.25) is 0 Å². The summed E-state index contributed by atoms with van der Waals surface area (Å²) in [6, 6.07) is 7.48. The molecular formula is C18H16N4O2. The highest BCUT2D eigenvalue weighted by atomic mass is 16.2. The lowest BCUT2D eigenvalue weighted by Crippen LogP contribution is -2.32. The number of carbonyl (C=O) groups excluding carboxylic acids is 2. The number of aromatic nitrogens is 3. The van der Waals surface area contributed by atoms with Crippen molar-refractivity contribution in [2.24, 2.45) is 0 Å². The van der Waals surface area contributed by atoms with Gasteiger partial charge in [0.1, 0.15) is 0 Å². The monoisotopic (exact) mass is 320 g/mol. The van der Waals surface area contributed by atoms with Crippen molar-refractivity contribution in [2.75, 3.05) is 6.54 Å². The van der Waals surface area contributed by atoms with Gasteiger partial charge in [0, 0.05) is 30.2 Å². The van der Waals surface area contributed by atoms with Crippen LogP contribution in [0.5, 0.6) is 0 Å². The molecule has 0 saturated carbocycles. The second-order valence-corrected chi connectivity index (χ2v) is 5.77. The molecule has 0 spiro atoms. The highest BCUT2D eigenvalue weighted by Crippen LogP contribution is 2.31. The fraction of sp³-hybridized carbons (Fsp3) is 0.222. The Kier molecular flexibility index (Phi) is 3.37. The lowest BCUT2D eigenvalue weighted by molar-refractivity contribution is 0.0656. The Morgan fingerprint density at radius 1 is 1.12 bits per heavy atom. The number of H-pyrrole nitrogens is 1. The predicted octanol–water partition coefficient (Wildman–Crippen LogP) is 2.36. The number of amides is 2. The summed E-state index contributed by atoms with van der Waals surface area (Å²) < 4.78 is 0. The molecule has 1 aromatic carbocycles. The summed E-state index contributed by atoms with van der Waals surface area (Å²) in [6.45, 7) is 2.27. The minimum atomic E-state index is -0.246. The van der Waals surface area contributed by atoms with Crippen LogP contribution in [0, 0.1) is 0 Å². The molecule has 0 radical (unpaired) electrons. The number of pyridine rings is 1. The van der Waals surface area contributed by atoms with Crippen LogP contribution in [0.25, 0.3) is 10.9 Å². The number of para-hydroxylation sites is 1. The van der Waals surface area contributed by atoms with Crippen LogP contribution < -0.4 is 0 Å². The van der Waals surface area contributed by atoms with Crippen LogP contribution in [0.15, 0.2) is 36.8 Å². The van der Waals surface area contributed by atoms with E-state index in [2.05, 4.69) is 15.0 Å². The molecule has 0 saturated heterocycles. The highest BCUT2D eigenvalue weighted by molar-refractivity contribution is 6.26. The topological polar surface area (TPSA) is 79.0 Å². The summed E-state index contributed by atoms with van der Waals surface area (Å²) in [7, 11) is 0. The number of hydrogen-bond donors (Lipinski definition) is 1. The molecule has 1 aliphatic rings. The molecule has 3 heterocycles. The van der Waals surface area contributed by atoms with E-state index in [9.17, 15) is 9.59 Å². The van der Waals surface area contributed by atoms with E-state index in [0.717, 1.165) is 16.6 Å². The number of carbonyl (C=O) groups is 2. The third kappa shape index (κ3) is 2.11. The number of aryl methyl sites for hydroxylation is 1. The molecule has 0 aliphatic carbocycles. The molecule has 0 unspecified atom stereocenters. The smallest absolute Gasteiger partial charge is 0.263 e. The van der Waals surface area contributed by atoms with Crippen LogP contribution in [0.1, 0.15) is 39.0 Å². The van der Waals surface area contributed by atoms with Gasteiger partial charge in [-0.25, -0.2) is 4.98 Å². The van der Waals surface area contributed by atoms with Gasteiger partial charge >= 0.3 is 0 Å². The molecule has 1 N–H and O–H groups in total. The van der Waals surface area contributed by atoms with Crippen molar-refractivity contribution in [3.63, 3.8) is 0 Å². The van der Waals surface area contributed by atoms with E-state index in [0.29, 0.717) is 36.2 Å². The third-order valence-electron chi connectivity index (χ3n) is 4.38. The number of nitrogens with one attached hydrogen (secondary N) is 1. The van der Waals surface area contributed by atoms with Gasteiger partial charge in [-0.3, -0.25) is 19.5 Å². The van der Waals surface area contributed by atoms with Crippen molar-refractivity contribution in [2.45, 2.75) is 19.8 Å². The van der Waals surface area contributed by atoms with E-state index in [1.54, 1.807) is 12.5 Å². The summed E-state index contributed by atoms with van der Waals surface area (Å²) in [4.78, 5) is 38.6. The summed E-state index contributed by atoms with van der Waals surface area (Å²) in [5, 5.41) is 0.743. The molecule has 4 rings (SSSR count). The lowest BCUT2D eigenvalue weighted by atomic mass is 10.0. The number of imidazole rings is 1. The lowest BCUT2D eigenvalue weighted by Gasteiger charge is -2.12. The molecule has 6 nitrogen and oxygen atoms in total. The van der Waals surface area contributed by atoms with Gasteiger partial charge in [-0.1, -0.05) is 25.1 Å². The van der Waals surface area contributed by atoms with Gasteiger partial charge in [0.05, 0.1) is 28.7 Å². The first-order valence-corrected chi connectivity index (χ1v) is 7.95. The standard InChI is InChI=1S/C18H16N4O2/c1-2-13-16-15(12-5-3-4-6-14(12)21-13)17(23)22(18(16)24)8-7-11-9-19-10-20-11/h3-6,9-10H,2,7-8H2,1H3,(H,19,20). The molecule has 0 fully saturated rings. The Balaban J connectivity index is 1.78. The Hall–Kier alpha value is -3.02. The maximum Gasteiger partial charge on any atom is 0.263 e. The second-order valence-electron chi connectivity index (χ2n) is 5.77. The molecule has 2 aromatic heterocycles. The first-order valence-electron chi connectivity index (χ1n) is 7.95. The predicted molar refractivity (Wildman–Crippen MR) is 88.8 cm³/mol. The minimum absolute atomic E-state index is 0.234. The van der Waals surface area contributed by atoms with E-state index < -0.39 is 0 Å². The van der Waals surface area contributed by atoms with Crippen LogP contribution in [-0.4, -0.2) is 38.2 Å². The fourth-order valence-corrected chi connectivity index (χ4v) is 3.19. The van der Waals surface area contributed by atoms with Crippen molar-refractivity contribution < 1.29 is 9.59 Å². The minimum Gasteiger partial charge on any atom is -0.348 e. The zero-order chi connectivity index (χ0) is 16.7. The van der Waals surface area contributed by atoms with Gasteiger partial charge in [-0.15, -0.1) is 0 Å². The molecule has 2 amide bonds. The third-order valence-corrected chi connectivity index (χ3v) is 4.38. The van der Waals surface area contributed by atoms with Gasteiger partial charge in [0.25, 0.3) is 11.8 Å². The molecule has 120 valence electrons. The average molecular weight is 320 g/mol. The molecule has 0 bridgehead atoms. The second kappa shape index (κ2) is 5.56. The van der Waals surface area contributed by atoms with Gasteiger partial charge < -0.3 is 4.98 Å². The van der Waals surface area contributed by atoms with E-state index in [4.69, 9.17) is 0 Å². The summed E-state index contributed by atoms with van der Waals surface area (Å²) in [5.74, 6) is -0.479. The maximum absolute atomic E-state index is 12.9. The number of benzene rings is 1. The zero-order valence-corrected chi connectivity index (χ0v) is 13.2. The zero-order valence-electron chi connectivity index (χ0n) is 13.2. The molecule has 6 heteroatoms. The van der Waals surface area contributed by atoms with Crippen molar-refractivity contribution in [3.05, 3.63) is 59.3 Å². The molecular weight excluding hydrogens is 304 g/mol. The van der Waals surface area contributed by atoms with Gasteiger partial charge in [0.15, 0.2) is 0 Å². The molecule has 0 atom stereocenters. The largest absolute Gasteiger partial charge is 0.348 e. The summed E-state index contributed by atoms with van der Waals surface area (Å²) >= 11 is 0. The van der Waals surface area contributed by atoms with Crippen LogP contribution in [0.4, 0.5) is 0 Å². The SMILES string of the molecule is CCc1nc2ccccc2c2c1C(=O)N(CCc1cnc[nH]1)C2=O. The molecule has 3 aromatic rings. The fourth-order valence-electron chi connectivity index (χ4n) is 3.19. The van der Waals surface area contributed by atoms with E-state index in [1.165, 1.54) is 4.90 Å². The Morgan fingerprint density at radius 2 is 1.92 bits per heavy atom. The van der Waals surface area contributed by atoms with E-state index in [-0.39, 0.29) is 11.8 Å². The molecule has 1 aliphatic heterocycles. The first kappa shape index (κ1) is 14.6. The number of rotatable bonds is 4. The van der Waals surface area contributed by atoms with Gasteiger partial charge in [-0.05, 0) is 12.5 Å². The average Bonchev–Trinajstić information content (AvgIpc) is 3.20. The Labute approximate surface area is 138 Å². The Morgan fingerprint density at radius 3 is 2.67 bits per heavy atom. The first-order chi connectivity index (χ1) is 11.7. The molecule has 24 heavy (non-hydrogen) atoms. The number of hydrogen-bond acceptors (Lipinski definition) is 4. The van der Waals surface area contributed by atoms with E-state index >= 15 is 0 Å². The normalized spacial score (nSPS) is 13.8. The van der Waals surface area contributed by atoms with Crippen molar-refractivity contribution in [1.29, 1.82) is 0 Å². The van der Waals surface area contributed by atoms with Crippen LogP contribution >= 0.6 is 0 Å². The summed E-state index contributed by atoms with van der Waals surface area (Å²) in [6.07, 6.45) is 4.45. The number of imide groups is 1. The van der Waals surface area contributed by atoms with Crippen LogP contribution in [0.3, 0.4) is 0 Å². The Bertz CT molecular complexity index is 947.